The maximum Gasteiger partial charge on any atom is 0.133 e. The Morgan fingerprint density at radius 2 is 1.89 bits per heavy atom. The maximum absolute atomic E-state index is 11.4. The molecule has 1 fully saturated rings. The molecule has 0 radical (unpaired) electrons. The van der Waals surface area contributed by atoms with Crippen LogP contribution in [0.3, 0.4) is 0 Å². The minimum absolute atomic E-state index is 0.224. The predicted molar refractivity (Wildman–Crippen MR) is 72.0 cm³/mol. The summed E-state index contributed by atoms with van der Waals surface area (Å²) in [7, 11) is 1.69. The Morgan fingerprint density at radius 3 is 2.50 bits per heavy atom. The smallest absolute Gasteiger partial charge is 0.133 e. The summed E-state index contributed by atoms with van der Waals surface area (Å²) in [5.41, 5.74) is 1.28. The molecule has 2 heteroatoms. The minimum atomic E-state index is 0.224. The number of methoxy groups -OCH3 is 1. The normalized spacial score (nSPS) is 21.9. The van der Waals surface area contributed by atoms with Crippen LogP contribution in [-0.2, 0) is 4.79 Å². The lowest BCUT2D eigenvalue weighted by Gasteiger charge is -2.10. The van der Waals surface area contributed by atoms with Gasteiger partial charge >= 0.3 is 0 Å². The van der Waals surface area contributed by atoms with E-state index in [1.807, 2.05) is 18.2 Å². The van der Waals surface area contributed by atoms with Crippen molar-refractivity contribution >= 4 is 16.6 Å². The van der Waals surface area contributed by atoms with Gasteiger partial charge in [0.05, 0.1) is 7.11 Å². The van der Waals surface area contributed by atoms with Gasteiger partial charge in [0.25, 0.3) is 0 Å². The second-order valence-corrected chi connectivity index (χ2v) is 4.96. The number of ketones is 1. The lowest BCUT2D eigenvalue weighted by Crippen LogP contribution is -1.96. The monoisotopic (exact) mass is 240 g/mol. The number of benzene rings is 2. The van der Waals surface area contributed by atoms with E-state index in [1.54, 1.807) is 14.0 Å². The molecule has 0 spiro atoms. The average Bonchev–Trinajstić information content (AvgIpc) is 3.17. The van der Waals surface area contributed by atoms with Gasteiger partial charge < -0.3 is 4.74 Å². The van der Waals surface area contributed by atoms with E-state index in [4.69, 9.17) is 4.74 Å². The first-order valence-corrected chi connectivity index (χ1v) is 6.28. The van der Waals surface area contributed by atoms with Crippen LogP contribution >= 0.6 is 0 Å². The zero-order valence-electron chi connectivity index (χ0n) is 10.6. The molecule has 0 bridgehead atoms. The second kappa shape index (κ2) is 4.13. The number of ether oxygens (including phenoxy) is 1. The third-order valence-electron chi connectivity index (χ3n) is 3.85. The highest BCUT2D eigenvalue weighted by Gasteiger charge is 2.42. The summed E-state index contributed by atoms with van der Waals surface area (Å²) < 4.78 is 5.39. The lowest BCUT2D eigenvalue weighted by atomic mass is 9.99. The second-order valence-electron chi connectivity index (χ2n) is 4.96. The molecule has 0 aromatic heterocycles. The van der Waals surface area contributed by atoms with Crippen molar-refractivity contribution in [1.29, 1.82) is 0 Å². The van der Waals surface area contributed by atoms with Crippen molar-refractivity contribution in [3.63, 3.8) is 0 Å². The van der Waals surface area contributed by atoms with E-state index < -0.39 is 0 Å². The third-order valence-corrected chi connectivity index (χ3v) is 3.85. The van der Waals surface area contributed by atoms with Crippen LogP contribution in [0.2, 0.25) is 0 Å². The van der Waals surface area contributed by atoms with Gasteiger partial charge in [-0.3, -0.25) is 4.79 Å². The molecule has 0 N–H and O–H groups in total. The molecule has 0 saturated heterocycles. The number of carbonyl (C=O) groups excluding carboxylic acids is 1. The molecular formula is C16H16O2. The van der Waals surface area contributed by atoms with Crippen LogP contribution in [0.1, 0.15) is 24.8 Å². The van der Waals surface area contributed by atoms with E-state index in [2.05, 4.69) is 18.2 Å². The van der Waals surface area contributed by atoms with Gasteiger partial charge in [-0.1, -0.05) is 30.3 Å². The van der Waals surface area contributed by atoms with Gasteiger partial charge in [0.15, 0.2) is 0 Å². The van der Waals surface area contributed by atoms with Crippen LogP contribution in [0, 0.1) is 5.92 Å². The molecular weight excluding hydrogens is 224 g/mol. The van der Waals surface area contributed by atoms with Gasteiger partial charge in [0.1, 0.15) is 11.5 Å². The van der Waals surface area contributed by atoms with Crippen molar-refractivity contribution in [2.45, 2.75) is 19.3 Å². The molecule has 92 valence electrons. The Bertz CT molecular complexity index is 616. The van der Waals surface area contributed by atoms with Crippen molar-refractivity contribution in [3.8, 4) is 5.75 Å². The largest absolute Gasteiger partial charge is 0.496 e. The van der Waals surface area contributed by atoms with Crippen LogP contribution < -0.4 is 4.74 Å². The van der Waals surface area contributed by atoms with E-state index in [9.17, 15) is 4.79 Å². The fourth-order valence-electron chi connectivity index (χ4n) is 2.78. The summed E-state index contributed by atoms with van der Waals surface area (Å²) in [5, 5.41) is 2.34. The molecule has 2 unspecified atom stereocenters. The summed E-state index contributed by atoms with van der Waals surface area (Å²) >= 11 is 0. The molecule has 0 aliphatic heterocycles. The lowest BCUT2D eigenvalue weighted by molar-refractivity contribution is -0.118. The highest BCUT2D eigenvalue weighted by Crippen LogP contribution is 2.50. The molecule has 0 heterocycles. The Hall–Kier alpha value is -1.83. The third kappa shape index (κ3) is 1.69. The molecule has 0 amide bonds. The first-order valence-electron chi connectivity index (χ1n) is 6.28. The van der Waals surface area contributed by atoms with E-state index >= 15 is 0 Å². The molecule has 3 rings (SSSR count). The first kappa shape index (κ1) is 11.3. The molecule has 1 saturated carbocycles. The predicted octanol–water partition coefficient (Wildman–Crippen LogP) is 3.54. The number of hydrogen-bond acceptors (Lipinski definition) is 2. The van der Waals surface area contributed by atoms with E-state index in [0.29, 0.717) is 11.7 Å². The van der Waals surface area contributed by atoms with Crippen molar-refractivity contribution in [3.05, 3.63) is 42.0 Å². The average molecular weight is 240 g/mol. The summed E-state index contributed by atoms with van der Waals surface area (Å²) in [5.74, 6) is 1.83. The number of rotatable bonds is 3. The van der Waals surface area contributed by atoms with Crippen molar-refractivity contribution in [2.24, 2.45) is 5.92 Å². The van der Waals surface area contributed by atoms with E-state index in [0.717, 1.165) is 17.6 Å². The molecule has 2 atom stereocenters. The van der Waals surface area contributed by atoms with Crippen molar-refractivity contribution < 1.29 is 9.53 Å². The fraction of sp³-hybridized carbons (Fsp3) is 0.312. The summed E-state index contributed by atoms with van der Waals surface area (Å²) in [4.78, 5) is 11.4. The highest BCUT2D eigenvalue weighted by atomic mass is 16.5. The molecule has 18 heavy (non-hydrogen) atoms. The Morgan fingerprint density at radius 1 is 1.17 bits per heavy atom. The quantitative estimate of drug-likeness (QED) is 0.820. The molecule has 1 aliphatic rings. The van der Waals surface area contributed by atoms with Gasteiger partial charge in [-0.2, -0.15) is 0 Å². The topological polar surface area (TPSA) is 26.3 Å². The zero-order valence-corrected chi connectivity index (χ0v) is 10.6. The fourth-order valence-corrected chi connectivity index (χ4v) is 2.78. The van der Waals surface area contributed by atoms with Crippen LogP contribution in [0.25, 0.3) is 10.8 Å². The van der Waals surface area contributed by atoms with Crippen molar-refractivity contribution in [2.75, 3.05) is 7.11 Å². The van der Waals surface area contributed by atoms with Gasteiger partial charge in [0, 0.05) is 11.3 Å². The Labute approximate surface area is 107 Å². The summed E-state index contributed by atoms with van der Waals surface area (Å²) in [6.07, 6.45) is 0.992. The van der Waals surface area contributed by atoms with Crippen LogP contribution in [0.5, 0.6) is 5.75 Å². The molecule has 2 aromatic carbocycles. The van der Waals surface area contributed by atoms with Gasteiger partial charge in [-0.25, -0.2) is 0 Å². The standard InChI is InChI=1S/C16H16O2/c1-10(17)14-9-15(14)12-7-8-16(18-2)13-6-4-3-5-11(12)13/h3-8,14-15H,9H2,1-2H3. The van der Waals surface area contributed by atoms with Crippen molar-refractivity contribution in [1.82, 2.24) is 0 Å². The number of carbonyl (C=O) groups is 1. The van der Waals surface area contributed by atoms with Gasteiger partial charge in [-0.05, 0) is 36.3 Å². The maximum atomic E-state index is 11.4. The molecule has 2 nitrogen and oxygen atoms in total. The van der Waals surface area contributed by atoms with E-state index in [1.165, 1.54) is 10.9 Å². The van der Waals surface area contributed by atoms with E-state index in [-0.39, 0.29) is 5.92 Å². The van der Waals surface area contributed by atoms with Gasteiger partial charge in [0.2, 0.25) is 0 Å². The number of fused-ring (bicyclic) bond motifs is 1. The minimum Gasteiger partial charge on any atom is -0.496 e. The Balaban J connectivity index is 2.12. The number of hydrogen-bond donors (Lipinski definition) is 0. The SMILES string of the molecule is COc1ccc(C2CC2C(C)=O)c2ccccc12. The molecule has 2 aromatic rings. The first-order chi connectivity index (χ1) is 8.72. The summed E-state index contributed by atoms with van der Waals surface area (Å²) in [6, 6.07) is 12.4. The van der Waals surface area contributed by atoms with Crippen LogP contribution in [0.4, 0.5) is 0 Å². The number of Topliss-reactive ketones (excluding diaryl/α,β-unsaturated/α-hetero) is 1. The summed E-state index contributed by atoms with van der Waals surface area (Å²) in [6.45, 7) is 1.69. The van der Waals surface area contributed by atoms with Crippen LogP contribution in [0.15, 0.2) is 36.4 Å². The zero-order chi connectivity index (χ0) is 12.7. The highest BCUT2D eigenvalue weighted by molar-refractivity contribution is 5.93. The van der Waals surface area contributed by atoms with Crippen LogP contribution in [-0.4, -0.2) is 12.9 Å². The van der Waals surface area contributed by atoms with Gasteiger partial charge in [-0.15, -0.1) is 0 Å². The molecule has 1 aliphatic carbocycles. The Kier molecular flexibility index (Phi) is 2.58.